The Bertz CT molecular complexity index is 3500. The molecule has 5 nitrogen and oxygen atoms in total. The fourth-order valence-corrected chi connectivity index (χ4v) is 9.07. The van der Waals surface area contributed by atoms with E-state index in [-0.39, 0.29) is 0 Å². The predicted molar refractivity (Wildman–Crippen MR) is 256 cm³/mol. The third kappa shape index (κ3) is 5.98. The van der Waals surface area contributed by atoms with E-state index in [1.165, 1.54) is 43.7 Å². The maximum atomic E-state index is 5.17. The van der Waals surface area contributed by atoms with Crippen LogP contribution in [-0.4, -0.2) is 24.1 Å². The molecule has 0 spiro atoms. The number of fused-ring (bicyclic) bond motifs is 6. The second-order valence-corrected chi connectivity index (χ2v) is 15.6. The summed E-state index contributed by atoms with van der Waals surface area (Å²) in [6.45, 7) is 0. The summed E-state index contributed by atoms with van der Waals surface area (Å²) < 4.78 is 4.84. The highest BCUT2D eigenvalue weighted by Gasteiger charge is 2.21. The third-order valence-corrected chi connectivity index (χ3v) is 12.0. The van der Waals surface area contributed by atoms with Gasteiger partial charge in [0.25, 0.3) is 0 Å². The Morgan fingerprint density at radius 3 is 1.32 bits per heavy atom. The Morgan fingerprint density at radius 2 is 0.726 bits per heavy atom. The fourth-order valence-electron chi connectivity index (χ4n) is 9.07. The van der Waals surface area contributed by atoms with Crippen molar-refractivity contribution in [1.29, 1.82) is 0 Å². The van der Waals surface area contributed by atoms with Crippen LogP contribution in [0.15, 0.2) is 224 Å². The number of hydrogen-bond donors (Lipinski definition) is 0. The lowest BCUT2D eigenvalue weighted by molar-refractivity contribution is 1.07. The van der Waals surface area contributed by atoms with Crippen molar-refractivity contribution < 1.29 is 0 Å². The molecule has 0 saturated carbocycles. The van der Waals surface area contributed by atoms with Gasteiger partial charge in [-0.15, -0.1) is 0 Å². The summed E-state index contributed by atoms with van der Waals surface area (Å²) in [5.74, 6) is 1.87. The molecule has 0 unspecified atom stereocenters. The summed E-state index contributed by atoms with van der Waals surface area (Å²) in [6, 6.07) is 79.5. The van der Waals surface area contributed by atoms with E-state index in [0.29, 0.717) is 17.5 Å². The van der Waals surface area contributed by atoms with Gasteiger partial charge in [0.05, 0.1) is 27.8 Å². The lowest BCUT2D eigenvalue weighted by Crippen LogP contribution is -2.02. The van der Waals surface area contributed by atoms with Gasteiger partial charge < -0.3 is 9.13 Å². The van der Waals surface area contributed by atoms with Crippen LogP contribution in [0.5, 0.6) is 0 Å². The minimum atomic E-state index is 0.608. The lowest BCUT2D eigenvalue weighted by Gasteiger charge is -2.17. The molecular weight excluding hydrogens is 755 g/mol. The van der Waals surface area contributed by atoms with Crippen LogP contribution in [-0.2, 0) is 0 Å². The van der Waals surface area contributed by atoms with Crippen molar-refractivity contribution in [3.8, 4) is 67.8 Å². The molecule has 0 radical (unpaired) electrons. The zero-order valence-corrected chi connectivity index (χ0v) is 33.6. The van der Waals surface area contributed by atoms with Crippen LogP contribution in [0.25, 0.3) is 111 Å². The minimum Gasteiger partial charge on any atom is -0.309 e. The minimum absolute atomic E-state index is 0.608. The molecule has 0 atom stereocenters. The van der Waals surface area contributed by atoms with Crippen molar-refractivity contribution in [1.82, 2.24) is 24.1 Å². The molecule has 0 aliphatic rings. The highest BCUT2D eigenvalue weighted by molar-refractivity contribution is 6.13. The Balaban J connectivity index is 1.16. The normalized spacial score (nSPS) is 11.5. The van der Waals surface area contributed by atoms with E-state index in [2.05, 4.69) is 173 Å². The van der Waals surface area contributed by atoms with Crippen LogP contribution < -0.4 is 0 Å². The van der Waals surface area contributed by atoms with Crippen molar-refractivity contribution in [2.45, 2.75) is 0 Å². The van der Waals surface area contributed by atoms with E-state index in [1.807, 2.05) is 60.7 Å². The predicted octanol–water partition coefficient (Wildman–Crippen LogP) is 14.4. The van der Waals surface area contributed by atoms with E-state index in [1.54, 1.807) is 0 Å². The van der Waals surface area contributed by atoms with Gasteiger partial charge in [-0.25, -0.2) is 15.0 Å². The Morgan fingerprint density at radius 1 is 0.258 bits per heavy atom. The van der Waals surface area contributed by atoms with Crippen molar-refractivity contribution in [3.05, 3.63) is 224 Å². The summed E-state index contributed by atoms with van der Waals surface area (Å²) in [7, 11) is 0. The largest absolute Gasteiger partial charge is 0.309 e. The molecule has 3 heterocycles. The second kappa shape index (κ2) is 14.7. The van der Waals surface area contributed by atoms with Crippen LogP contribution in [0.3, 0.4) is 0 Å². The molecule has 0 aliphatic carbocycles. The lowest BCUT2D eigenvalue weighted by atomic mass is 10.0. The van der Waals surface area contributed by atoms with E-state index >= 15 is 0 Å². The summed E-state index contributed by atoms with van der Waals surface area (Å²) in [4.78, 5) is 15.3. The van der Waals surface area contributed by atoms with Gasteiger partial charge >= 0.3 is 0 Å². The fraction of sp³-hybridized carbons (Fsp3) is 0. The number of para-hydroxylation sites is 2. The van der Waals surface area contributed by atoms with E-state index < -0.39 is 0 Å². The van der Waals surface area contributed by atoms with Crippen LogP contribution >= 0.6 is 0 Å². The summed E-state index contributed by atoms with van der Waals surface area (Å²) in [6.07, 6.45) is 0. The average molecular weight is 792 g/mol. The molecule has 0 saturated heterocycles. The third-order valence-electron chi connectivity index (χ3n) is 12.0. The highest BCUT2D eigenvalue weighted by atomic mass is 15.0. The van der Waals surface area contributed by atoms with Crippen LogP contribution in [0.1, 0.15) is 0 Å². The summed E-state index contributed by atoms with van der Waals surface area (Å²) in [5.41, 5.74) is 14.0. The molecular formula is C57H37N5. The summed E-state index contributed by atoms with van der Waals surface area (Å²) >= 11 is 0. The number of nitrogens with zero attached hydrogens (tertiary/aromatic N) is 5. The van der Waals surface area contributed by atoms with Crippen molar-refractivity contribution in [2.75, 3.05) is 0 Å². The molecule has 9 aromatic carbocycles. The molecule has 0 amide bonds. The van der Waals surface area contributed by atoms with Gasteiger partial charge in [0.1, 0.15) is 0 Å². The number of aromatic nitrogens is 5. The number of benzene rings is 9. The van der Waals surface area contributed by atoms with Gasteiger partial charge in [-0.2, -0.15) is 0 Å². The van der Waals surface area contributed by atoms with E-state index in [4.69, 9.17) is 15.0 Å². The highest BCUT2D eigenvalue weighted by Crippen LogP contribution is 2.41. The first-order valence-electron chi connectivity index (χ1n) is 20.9. The molecule has 0 N–H and O–H groups in total. The number of hydrogen-bond acceptors (Lipinski definition) is 3. The summed E-state index contributed by atoms with van der Waals surface area (Å²) in [5, 5.41) is 4.82. The van der Waals surface area contributed by atoms with Gasteiger partial charge in [-0.1, -0.05) is 182 Å². The molecule has 0 bridgehead atoms. The quantitative estimate of drug-likeness (QED) is 0.162. The molecule has 0 fully saturated rings. The van der Waals surface area contributed by atoms with E-state index in [0.717, 1.165) is 50.2 Å². The first-order valence-corrected chi connectivity index (χ1v) is 20.9. The van der Waals surface area contributed by atoms with Crippen LogP contribution in [0, 0.1) is 0 Å². The van der Waals surface area contributed by atoms with Gasteiger partial charge in [0, 0.05) is 49.5 Å². The standard InChI is InChI=1S/C57H37N5/c1-5-17-38(18-6-1)42-30-34-52-49(35-42)48-33-31-44(61-50-27-15-13-25-46(50)47-26-14-16-28-51(47)61)37-54(48)62(52)53-36-43(29-32-45(53)39-19-7-2-8-20-39)57-59-55(40-21-9-3-10-22-40)58-56(60-57)41-23-11-4-12-24-41/h1-37H. The van der Waals surface area contributed by atoms with Crippen LogP contribution in [0.4, 0.5) is 0 Å². The second-order valence-electron chi connectivity index (χ2n) is 15.6. The Kier molecular flexibility index (Phi) is 8.42. The van der Waals surface area contributed by atoms with E-state index in [9.17, 15) is 0 Å². The maximum absolute atomic E-state index is 5.17. The molecule has 5 heteroatoms. The van der Waals surface area contributed by atoms with Crippen molar-refractivity contribution >= 4 is 43.6 Å². The van der Waals surface area contributed by atoms with Gasteiger partial charge in [-0.3, -0.25) is 0 Å². The Hall–Kier alpha value is -8.41. The maximum Gasteiger partial charge on any atom is 0.164 e. The first kappa shape index (κ1) is 35.5. The van der Waals surface area contributed by atoms with Crippen molar-refractivity contribution in [2.24, 2.45) is 0 Å². The zero-order chi connectivity index (χ0) is 41.0. The molecule has 290 valence electrons. The molecule has 0 aliphatic heterocycles. The van der Waals surface area contributed by atoms with Gasteiger partial charge in [0.15, 0.2) is 17.5 Å². The molecule has 62 heavy (non-hydrogen) atoms. The molecule has 12 aromatic rings. The van der Waals surface area contributed by atoms with Crippen molar-refractivity contribution in [3.63, 3.8) is 0 Å². The smallest absolute Gasteiger partial charge is 0.164 e. The Labute approximate surface area is 358 Å². The molecule has 3 aromatic heterocycles. The zero-order valence-electron chi connectivity index (χ0n) is 33.6. The SMILES string of the molecule is c1ccc(-c2ccc3c(c2)c2ccc(-n4c5ccccc5c5ccccc54)cc2n3-c2cc(-c3nc(-c4ccccc4)nc(-c4ccccc4)n3)ccc2-c2ccccc2)cc1. The average Bonchev–Trinajstić information content (AvgIpc) is 3.87. The van der Waals surface area contributed by atoms with Gasteiger partial charge in [-0.05, 0) is 59.2 Å². The van der Waals surface area contributed by atoms with Crippen LogP contribution in [0.2, 0.25) is 0 Å². The monoisotopic (exact) mass is 791 g/mol. The topological polar surface area (TPSA) is 48.5 Å². The van der Waals surface area contributed by atoms with Gasteiger partial charge in [0.2, 0.25) is 0 Å². The molecule has 12 rings (SSSR count). The first-order chi connectivity index (χ1) is 30.7. The number of rotatable bonds is 7.